The highest BCUT2D eigenvalue weighted by Crippen LogP contribution is 2.32. The van der Waals surface area contributed by atoms with Gasteiger partial charge in [0.05, 0.1) is 28.4 Å². The van der Waals surface area contributed by atoms with E-state index in [-0.39, 0.29) is 22.7 Å². The number of nitrogens with two attached hydrogens (primary N) is 1. The van der Waals surface area contributed by atoms with Crippen molar-refractivity contribution in [2.75, 3.05) is 15.8 Å². The molecule has 0 bridgehead atoms. The van der Waals surface area contributed by atoms with E-state index in [9.17, 15) is 26.4 Å². The number of sulfonamides is 1. The molecule has 0 fully saturated rings. The van der Waals surface area contributed by atoms with Crippen molar-refractivity contribution >= 4 is 55.6 Å². The lowest BCUT2D eigenvalue weighted by molar-refractivity contribution is 0.100. The molecule has 0 atom stereocenters. The molecule has 0 saturated heterocycles. The Labute approximate surface area is 213 Å². The maximum atomic E-state index is 15.0. The van der Waals surface area contributed by atoms with Crippen LogP contribution in [0.15, 0.2) is 42.5 Å². The minimum Gasteiger partial charge on any atom is -0.366 e. The Bertz CT molecular complexity index is 1400. The van der Waals surface area contributed by atoms with Crippen molar-refractivity contribution in [3.05, 3.63) is 86.0 Å². The Morgan fingerprint density at radius 1 is 0.971 bits per heavy atom. The molecule has 0 heterocycles. The standard InChI is InChI=1S/C23H20F4IN3O3S/c1-2-8-35(33,34)31-18-5-3-4-12(19(18)25)9-13-10-15(23(29)32)22(21(27)20(13)26)30-17-7-6-14(28)11-16(17)24/h3-7,10-11,30-31H,2,8-9H2,1H3,(H2,29,32). The normalized spacial score (nSPS) is 11.4. The van der Waals surface area contributed by atoms with Crippen LogP contribution in [-0.2, 0) is 16.4 Å². The number of primary amides is 1. The molecule has 3 rings (SSSR count). The third-order valence-corrected chi connectivity index (χ3v) is 7.08. The molecule has 0 saturated carbocycles. The number of rotatable bonds is 9. The molecule has 12 heteroatoms. The van der Waals surface area contributed by atoms with Crippen molar-refractivity contribution in [2.24, 2.45) is 5.73 Å². The number of hydrogen-bond acceptors (Lipinski definition) is 4. The highest BCUT2D eigenvalue weighted by atomic mass is 127. The van der Waals surface area contributed by atoms with Crippen molar-refractivity contribution in [3.63, 3.8) is 0 Å². The summed E-state index contributed by atoms with van der Waals surface area (Å²) in [6, 6.07) is 8.71. The van der Waals surface area contributed by atoms with E-state index in [0.29, 0.717) is 9.99 Å². The van der Waals surface area contributed by atoms with Gasteiger partial charge in [-0.1, -0.05) is 19.1 Å². The van der Waals surface area contributed by atoms with Crippen LogP contribution in [0.3, 0.4) is 0 Å². The number of carbonyl (C=O) groups is 1. The van der Waals surface area contributed by atoms with Crippen LogP contribution < -0.4 is 15.8 Å². The van der Waals surface area contributed by atoms with E-state index in [1.807, 2.05) is 22.6 Å². The van der Waals surface area contributed by atoms with Crippen LogP contribution in [0.4, 0.5) is 34.6 Å². The van der Waals surface area contributed by atoms with Gasteiger partial charge in [-0.3, -0.25) is 9.52 Å². The first kappa shape index (κ1) is 26.7. The number of benzene rings is 3. The van der Waals surface area contributed by atoms with Crippen LogP contribution in [0.2, 0.25) is 0 Å². The van der Waals surface area contributed by atoms with E-state index in [1.165, 1.54) is 30.3 Å². The minimum absolute atomic E-state index is 0.153. The Hall–Kier alpha value is -2.87. The summed E-state index contributed by atoms with van der Waals surface area (Å²) in [6.07, 6.45) is -0.208. The van der Waals surface area contributed by atoms with Gasteiger partial charge in [-0.15, -0.1) is 0 Å². The lowest BCUT2D eigenvalue weighted by Crippen LogP contribution is -2.18. The molecule has 0 spiro atoms. The summed E-state index contributed by atoms with van der Waals surface area (Å²) in [4.78, 5) is 12.0. The molecule has 1 amide bonds. The number of amides is 1. The van der Waals surface area contributed by atoms with Gasteiger partial charge in [-0.2, -0.15) is 0 Å². The average molecular weight is 621 g/mol. The van der Waals surface area contributed by atoms with Crippen molar-refractivity contribution in [3.8, 4) is 0 Å². The van der Waals surface area contributed by atoms with E-state index >= 15 is 4.39 Å². The smallest absolute Gasteiger partial charge is 0.250 e. The predicted octanol–water partition coefficient (Wildman–Crippen LogP) is 5.43. The zero-order valence-electron chi connectivity index (χ0n) is 18.3. The number of hydrogen-bond donors (Lipinski definition) is 3. The van der Waals surface area contributed by atoms with Crippen molar-refractivity contribution in [2.45, 2.75) is 19.8 Å². The monoisotopic (exact) mass is 621 g/mol. The highest BCUT2D eigenvalue weighted by molar-refractivity contribution is 14.1. The van der Waals surface area contributed by atoms with E-state index in [1.54, 1.807) is 6.92 Å². The molecule has 6 nitrogen and oxygen atoms in total. The molecule has 0 unspecified atom stereocenters. The highest BCUT2D eigenvalue weighted by Gasteiger charge is 2.24. The second-order valence-electron chi connectivity index (χ2n) is 7.58. The summed E-state index contributed by atoms with van der Waals surface area (Å²) >= 11 is 1.87. The maximum absolute atomic E-state index is 15.0. The quantitative estimate of drug-likeness (QED) is 0.219. The van der Waals surface area contributed by atoms with Gasteiger partial charge >= 0.3 is 0 Å². The van der Waals surface area contributed by atoms with Gasteiger partial charge in [0.25, 0.3) is 5.91 Å². The Morgan fingerprint density at radius 3 is 2.31 bits per heavy atom. The maximum Gasteiger partial charge on any atom is 0.250 e. The van der Waals surface area contributed by atoms with Gasteiger partial charge in [0, 0.05) is 9.99 Å². The largest absolute Gasteiger partial charge is 0.366 e. The van der Waals surface area contributed by atoms with Gasteiger partial charge < -0.3 is 11.1 Å². The van der Waals surface area contributed by atoms with Gasteiger partial charge in [-0.05, 0) is 70.5 Å². The Morgan fingerprint density at radius 2 is 1.69 bits per heavy atom. The first-order chi connectivity index (χ1) is 16.4. The summed E-state index contributed by atoms with van der Waals surface area (Å²) in [5, 5.41) is 2.36. The fraction of sp³-hybridized carbons (Fsp3) is 0.174. The molecule has 4 N–H and O–H groups in total. The Balaban J connectivity index is 2.02. The molecule has 0 aromatic heterocycles. The van der Waals surface area contributed by atoms with Gasteiger partial charge in [0.15, 0.2) is 17.5 Å². The predicted molar refractivity (Wildman–Crippen MR) is 134 cm³/mol. The summed E-state index contributed by atoms with van der Waals surface area (Å²) < 4.78 is 85.9. The summed E-state index contributed by atoms with van der Waals surface area (Å²) in [6.45, 7) is 1.64. The molecule has 186 valence electrons. The molecule has 35 heavy (non-hydrogen) atoms. The molecule has 0 radical (unpaired) electrons. The van der Waals surface area contributed by atoms with Crippen LogP contribution in [0.25, 0.3) is 0 Å². The van der Waals surface area contributed by atoms with Crippen LogP contribution in [0.5, 0.6) is 0 Å². The summed E-state index contributed by atoms with van der Waals surface area (Å²) in [7, 11) is -3.80. The number of nitrogens with one attached hydrogen (secondary N) is 2. The lowest BCUT2D eigenvalue weighted by atomic mass is 9.99. The first-order valence-corrected chi connectivity index (χ1v) is 13.0. The molecule has 3 aromatic carbocycles. The zero-order chi connectivity index (χ0) is 25.9. The summed E-state index contributed by atoms with van der Waals surface area (Å²) in [5.74, 6) is -6.00. The van der Waals surface area contributed by atoms with Gasteiger partial charge in [0.1, 0.15) is 5.82 Å². The topological polar surface area (TPSA) is 101 Å². The SMILES string of the molecule is CCCS(=O)(=O)Nc1cccc(Cc2cc(C(N)=O)c(Nc3ccc(I)cc3F)c(F)c2F)c1F. The molecule has 0 aliphatic rings. The Kier molecular flexibility index (Phi) is 8.26. The molecule has 3 aromatic rings. The minimum atomic E-state index is -3.80. The van der Waals surface area contributed by atoms with Crippen LogP contribution in [0, 0.1) is 26.8 Å². The summed E-state index contributed by atoms with van der Waals surface area (Å²) in [5.41, 5.74) is 3.09. The second kappa shape index (κ2) is 10.8. The first-order valence-electron chi connectivity index (χ1n) is 10.2. The third kappa shape index (κ3) is 6.23. The van der Waals surface area contributed by atoms with E-state index in [0.717, 1.165) is 12.1 Å². The average Bonchev–Trinajstić information content (AvgIpc) is 2.77. The van der Waals surface area contributed by atoms with Crippen molar-refractivity contribution < 1.29 is 30.8 Å². The second-order valence-corrected chi connectivity index (χ2v) is 10.7. The molecular formula is C23H20F4IN3O3S. The number of anilines is 3. The number of halogens is 5. The van der Waals surface area contributed by atoms with Gasteiger partial charge in [0.2, 0.25) is 10.0 Å². The molecule has 0 aliphatic heterocycles. The molecular weight excluding hydrogens is 601 g/mol. The molecule has 0 aliphatic carbocycles. The van der Waals surface area contributed by atoms with Crippen LogP contribution in [0.1, 0.15) is 34.8 Å². The van der Waals surface area contributed by atoms with Crippen LogP contribution in [-0.4, -0.2) is 20.1 Å². The van der Waals surface area contributed by atoms with Crippen LogP contribution >= 0.6 is 22.6 Å². The fourth-order valence-electron chi connectivity index (χ4n) is 3.34. The van der Waals surface area contributed by atoms with Gasteiger partial charge in [-0.25, -0.2) is 26.0 Å². The fourth-order valence-corrected chi connectivity index (χ4v) is 4.92. The van der Waals surface area contributed by atoms with E-state index in [2.05, 4.69) is 10.0 Å². The van der Waals surface area contributed by atoms with Crippen molar-refractivity contribution in [1.29, 1.82) is 0 Å². The van der Waals surface area contributed by atoms with E-state index < -0.39 is 62.4 Å². The lowest BCUT2D eigenvalue weighted by Gasteiger charge is -2.16. The zero-order valence-corrected chi connectivity index (χ0v) is 21.2. The van der Waals surface area contributed by atoms with Crippen molar-refractivity contribution in [1.82, 2.24) is 0 Å². The van der Waals surface area contributed by atoms with E-state index in [4.69, 9.17) is 5.73 Å². The number of carbonyl (C=O) groups excluding carboxylic acids is 1. The third-order valence-electron chi connectivity index (χ3n) is 4.94.